The molecule has 0 amide bonds. The van der Waals surface area contributed by atoms with Crippen molar-refractivity contribution in [3.63, 3.8) is 0 Å². The van der Waals surface area contributed by atoms with E-state index in [1.807, 2.05) is 0 Å². The van der Waals surface area contributed by atoms with Crippen LogP contribution in [0, 0.1) is 0 Å². The fraction of sp³-hybridized carbons (Fsp3) is 0.143. The van der Waals surface area contributed by atoms with E-state index < -0.39 is 0 Å². The normalized spacial score (nSPS) is 15.4. The molecule has 8 rings (SSSR count). The van der Waals surface area contributed by atoms with Crippen molar-refractivity contribution in [3.8, 4) is 11.1 Å². The molecule has 2 nitrogen and oxygen atoms in total. The Kier molecular flexibility index (Phi) is 6.83. The van der Waals surface area contributed by atoms with E-state index in [1.165, 1.54) is 45.0 Å². The standard InChI is InChI=1S/C42H34Br2N2/c1-41(2)31-13-5-9-17-37(31)45(38-18-10-6-14-32(38)41)27-21-23-35(43)29(25-27)30-26-28(22-24-36(30)44)46-39-19-11-7-15-33(39)42(3,4)34-16-8-12-20-40(34)46/h5-26H,1-4H3. The predicted molar refractivity (Wildman–Crippen MR) is 201 cm³/mol. The molecular formula is C42H34Br2N2. The van der Waals surface area contributed by atoms with Crippen molar-refractivity contribution in [1.29, 1.82) is 0 Å². The zero-order valence-electron chi connectivity index (χ0n) is 26.4. The number of fused-ring (bicyclic) bond motifs is 4. The summed E-state index contributed by atoms with van der Waals surface area (Å²) in [6.07, 6.45) is 0. The maximum absolute atomic E-state index is 3.94. The lowest BCUT2D eigenvalue weighted by Gasteiger charge is -2.42. The molecule has 0 saturated carbocycles. The number of hydrogen-bond donors (Lipinski definition) is 0. The van der Waals surface area contributed by atoms with Gasteiger partial charge in [-0.1, -0.05) is 132 Å². The maximum atomic E-state index is 3.94. The monoisotopic (exact) mass is 724 g/mol. The molecule has 6 aromatic carbocycles. The zero-order valence-corrected chi connectivity index (χ0v) is 29.5. The highest BCUT2D eigenvalue weighted by atomic mass is 79.9. The molecule has 2 aliphatic rings. The van der Waals surface area contributed by atoms with Gasteiger partial charge in [-0.05, 0) is 94.0 Å². The van der Waals surface area contributed by atoms with Crippen LogP contribution in [0.25, 0.3) is 11.1 Å². The van der Waals surface area contributed by atoms with E-state index in [0.717, 1.165) is 31.4 Å². The van der Waals surface area contributed by atoms with Gasteiger partial charge in [0.05, 0.1) is 22.7 Å². The number of para-hydroxylation sites is 4. The highest BCUT2D eigenvalue weighted by Gasteiger charge is 2.38. The lowest BCUT2D eigenvalue weighted by atomic mass is 9.73. The van der Waals surface area contributed by atoms with Gasteiger partial charge in [-0.3, -0.25) is 0 Å². The number of anilines is 6. The summed E-state index contributed by atoms with van der Waals surface area (Å²) in [4.78, 5) is 4.84. The van der Waals surface area contributed by atoms with Gasteiger partial charge in [-0.2, -0.15) is 0 Å². The molecule has 0 atom stereocenters. The second-order valence-electron chi connectivity index (χ2n) is 13.3. The first-order valence-electron chi connectivity index (χ1n) is 15.8. The molecule has 0 aliphatic carbocycles. The molecule has 46 heavy (non-hydrogen) atoms. The van der Waals surface area contributed by atoms with Gasteiger partial charge in [0.25, 0.3) is 0 Å². The summed E-state index contributed by atoms with van der Waals surface area (Å²) in [5, 5.41) is 0. The molecule has 0 N–H and O–H groups in total. The van der Waals surface area contributed by atoms with Crippen molar-refractivity contribution < 1.29 is 0 Å². The van der Waals surface area contributed by atoms with E-state index in [1.54, 1.807) is 0 Å². The van der Waals surface area contributed by atoms with E-state index in [0.29, 0.717) is 0 Å². The lowest BCUT2D eigenvalue weighted by molar-refractivity contribution is 0.631. The Balaban J connectivity index is 1.30. The van der Waals surface area contributed by atoms with Gasteiger partial charge < -0.3 is 9.80 Å². The number of benzene rings is 6. The van der Waals surface area contributed by atoms with Crippen molar-refractivity contribution in [2.75, 3.05) is 9.80 Å². The summed E-state index contributed by atoms with van der Waals surface area (Å²) in [6.45, 7) is 9.32. The quantitative estimate of drug-likeness (QED) is 0.179. The Labute approximate surface area is 288 Å². The summed E-state index contributed by atoms with van der Waals surface area (Å²) in [7, 11) is 0. The predicted octanol–water partition coefficient (Wildman–Crippen LogP) is 13.1. The van der Waals surface area contributed by atoms with Crippen LogP contribution in [-0.4, -0.2) is 0 Å². The van der Waals surface area contributed by atoms with Crippen molar-refractivity contribution >= 4 is 66.0 Å². The van der Waals surface area contributed by atoms with E-state index in [2.05, 4.69) is 203 Å². The summed E-state index contributed by atoms with van der Waals surface area (Å²) in [5.41, 5.74) is 14.5. The number of halogens is 2. The molecule has 6 aromatic rings. The minimum atomic E-state index is -0.102. The lowest BCUT2D eigenvalue weighted by Crippen LogP contribution is -2.30. The topological polar surface area (TPSA) is 6.48 Å². The second-order valence-corrected chi connectivity index (χ2v) is 15.0. The van der Waals surface area contributed by atoms with E-state index >= 15 is 0 Å². The van der Waals surface area contributed by atoms with Crippen LogP contribution in [0.1, 0.15) is 49.9 Å². The van der Waals surface area contributed by atoms with Gasteiger partial charge >= 0.3 is 0 Å². The molecule has 226 valence electrons. The van der Waals surface area contributed by atoms with Gasteiger partial charge in [-0.25, -0.2) is 0 Å². The molecule has 4 heteroatoms. The zero-order chi connectivity index (χ0) is 31.8. The summed E-state index contributed by atoms with van der Waals surface area (Å²) in [6, 6.07) is 48.7. The fourth-order valence-electron chi connectivity index (χ4n) is 7.61. The average molecular weight is 727 g/mol. The molecule has 0 radical (unpaired) electrons. The first-order valence-corrected chi connectivity index (χ1v) is 17.3. The van der Waals surface area contributed by atoms with Crippen LogP contribution >= 0.6 is 31.9 Å². The van der Waals surface area contributed by atoms with Crippen LogP contribution in [0.2, 0.25) is 0 Å². The van der Waals surface area contributed by atoms with Crippen molar-refractivity contribution in [1.82, 2.24) is 0 Å². The summed E-state index contributed by atoms with van der Waals surface area (Å²) < 4.78 is 2.10. The van der Waals surface area contributed by atoms with Crippen molar-refractivity contribution in [2.24, 2.45) is 0 Å². The highest BCUT2D eigenvalue weighted by molar-refractivity contribution is 9.11. The Morgan fingerprint density at radius 1 is 0.391 bits per heavy atom. The summed E-state index contributed by atoms with van der Waals surface area (Å²) in [5.74, 6) is 0. The molecule has 2 heterocycles. The minimum absolute atomic E-state index is 0.102. The van der Waals surface area contributed by atoms with E-state index in [-0.39, 0.29) is 10.8 Å². The van der Waals surface area contributed by atoms with Crippen LogP contribution in [0.5, 0.6) is 0 Å². The van der Waals surface area contributed by atoms with Gasteiger partial charge in [-0.15, -0.1) is 0 Å². The van der Waals surface area contributed by atoms with Crippen LogP contribution in [0.4, 0.5) is 34.1 Å². The molecule has 0 saturated heterocycles. The molecule has 0 aromatic heterocycles. The van der Waals surface area contributed by atoms with Gasteiger partial charge in [0.15, 0.2) is 0 Å². The largest absolute Gasteiger partial charge is 0.310 e. The molecule has 0 spiro atoms. The second kappa shape index (κ2) is 10.7. The van der Waals surface area contributed by atoms with Crippen LogP contribution in [0.3, 0.4) is 0 Å². The summed E-state index contributed by atoms with van der Waals surface area (Å²) >= 11 is 7.88. The number of hydrogen-bond acceptors (Lipinski definition) is 2. The van der Waals surface area contributed by atoms with Crippen LogP contribution < -0.4 is 9.80 Å². The number of nitrogens with zero attached hydrogens (tertiary/aromatic N) is 2. The Morgan fingerprint density at radius 3 is 0.978 bits per heavy atom. The first-order chi connectivity index (χ1) is 22.2. The highest BCUT2D eigenvalue weighted by Crippen LogP contribution is 2.54. The third kappa shape index (κ3) is 4.34. The Bertz CT molecular complexity index is 1910. The van der Waals surface area contributed by atoms with Crippen molar-refractivity contribution in [3.05, 3.63) is 165 Å². The van der Waals surface area contributed by atoms with Crippen LogP contribution in [-0.2, 0) is 10.8 Å². The Hall–Kier alpha value is -4.12. The van der Waals surface area contributed by atoms with Crippen LogP contribution in [0.15, 0.2) is 142 Å². The third-order valence-corrected chi connectivity index (χ3v) is 11.4. The fourth-order valence-corrected chi connectivity index (χ4v) is 8.53. The van der Waals surface area contributed by atoms with E-state index in [9.17, 15) is 0 Å². The van der Waals surface area contributed by atoms with Gasteiger partial charge in [0.1, 0.15) is 0 Å². The average Bonchev–Trinajstić information content (AvgIpc) is 3.07. The minimum Gasteiger partial charge on any atom is -0.310 e. The molecule has 0 fully saturated rings. The first kappa shape index (κ1) is 29.3. The molecule has 0 bridgehead atoms. The smallest absolute Gasteiger partial charge is 0.0502 e. The number of rotatable bonds is 3. The van der Waals surface area contributed by atoms with Crippen molar-refractivity contribution in [2.45, 2.75) is 38.5 Å². The van der Waals surface area contributed by atoms with E-state index in [4.69, 9.17) is 0 Å². The molecule has 2 aliphatic heterocycles. The maximum Gasteiger partial charge on any atom is 0.0502 e. The third-order valence-electron chi connectivity index (χ3n) is 9.98. The Morgan fingerprint density at radius 2 is 0.674 bits per heavy atom. The molecular weight excluding hydrogens is 692 g/mol. The van der Waals surface area contributed by atoms with Gasteiger partial charge in [0.2, 0.25) is 0 Å². The molecule has 0 unspecified atom stereocenters. The SMILES string of the molecule is CC1(C)c2ccccc2N(c2ccc(Br)c(-c3cc(N4c5ccccc5C(C)(C)c5ccccc54)ccc3Br)c2)c2ccccc21. The van der Waals surface area contributed by atoms with Gasteiger partial charge in [0, 0.05) is 31.2 Å².